The maximum absolute atomic E-state index is 10.9. The minimum atomic E-state index is -0.0499. The zero-order valence-corrected chi connectivity index (χ0v) is 10.7. The van der Waals surface area contributed by atoms with Gasteiger partial charge in [0.25, 0.3) is 0 Å². The molecule has 0 aromatic heterocycles. The fourth-order valence-electron chi connectivity index (χ4n) is 1.49. The van der Waals surface area contributed by atoms with Crippen molar-refractivity contribution in [3.63, 3.8) is 0 Å². The van der Waals surface area contributed by atoms with Gasteiger partial charge in [0, 0.05) is 10.0 Å². The summed E-state index contributed by atoms with van der Waals surface area (Å²) in [5.41, 5.74) is 0. The van der Waals surface area contributed by atoms with E-state index in [1.54, 1.807) is 0 Å². The van der Waals surface area contributed by atoms with Crippen LogP contribution in [0.4, 0.5) is 0 Å². The molecule has 0 bridgehead atoms. The Balaban J connectivity index is 2.25. The van der Waals surface area contributed by atoms with E-state index in [4.69, 9.17) is 4.74 Å². The largest absolute Gasteiger partial charge is 0.457 e. The van der Waals surface area contributed by atoms with Gasteiger partial charge >= 0.3 is 5.97 Å². The molecule has 1 fully saturated rings. The molecule has 0 aromatic rings. The van der Waals surface area contributed by atoms with Crippen LogP contribution in [0.15, 0.2) is 9.66 Å². The molecule has 1 rings (SSSR count). The van der Waals surface area contributed by atoms with Gasteiger partial charge < -0.3 is 4.74 Å². The van der Waals surface area contributed by atoms with E-state index in [0.29, 0.717) is 6.42 Å². The van der Waals surface area contributed by atoms with Gasteiger partial charge in [-0.05, 0) is 41.9 Å². The number of rotatable bonds is 5. The Morgan fingerprint density at radius 1 is 1.64 bits per heavy atom. The maximum atomic E-state index is 10.9. The Bertz CT molecular complexity index is 223. The number of ether oxygens (including phenoxy) is 1. The average molecular weight is 308 g/mol. The number of hydrogen-bond donors (Lipinski definition) is 0. The lowest BCUT2D eigenvalue weighted by molar-refractivity contribution is -0.140. The van der Waals surface area contributed by atoms with E-state index in [1.165, 1.54) is 22.8 Å². The molecule has 1 aliphatic heterocycles. The second-order valence-electron chi connectivity index (χ2n) is 3.60. The number of allylic oxidation sites excluding steroid dienone is 1. The van der Waals surface area contributed by atoms with Crippen molar-refractivity contribution < 1.29 is 9.53 Å². The van der Waals surface area contributed by atoms with Crippen LogP contribution in [0, 0.1) is 0 Å². The third-order valence-corrected chi connectivity index (χ3v) is 3.47. The molecule has 0 aliphatic carbocycles. The molecule has 1 aliphatic rings. The van der Waals surface area contributed by atoms with Crippen LogP contribution < -0.4 is 0 Å². The predicted octanol–water partition coefficient (Wildman–Crippen LogP) is 3.59. The van der Waals surface area contributed by atoms with Crippen LogP contribution >= 0.6 is 22.6 Å². The highest BCUT2D eigenvalue weighted by Crippen LogP contribution is 2.26. The smallest absolute Gasteiger partial charge is 0.306 e. The van der Waals surface area contributed by atoms with Crippen molar-refractivity contribution in [1.82, 2.24) is 0 Å². The molecule has 0 radical (unpaired) electrons. The maximum Gasteiger partial charge on any atom is 0.306 e. The van der Waals surface area contributed by atoms with Gasteiger partial charge in [-0.1, -0.05) is 25.8 Å². The van der Waals surface area contributed by atoms with Crippen LogP contribution in [0.5, 0.6) is 0 Å². The summed E-state index contributed by atoms with van der Waals surface area (Å²) in [6.45, 7) is 2.20. The molecular weight excluding hydrogens is 291 g/mol. The minimum absolute atomic E-state index is 0.0499. The minimum Gasteiger partial charge on any atom is -0.457 e. The summed E-state index contributed by atoms with van der Waals surface area (Å²) in [5, 5.41) is 0. The first-order chi connectivity index (χ1) is 6.74. The monoisotopic (exact) mass is 308 g/mol. The molecule has 14 heavy (non-hydrogen) atoms. The van der Waals surface area contributed by atoms with E-state index >= 15 is 0 Å². The lowest BCUT2D eigenvalue weighted by atomic mass is 10.1. The molecule has 3 heteroatoms. The molecule has 2 nitrogen and oxygen atoms in total. The summed E-state index contributed by atoms with van der Waals surface area (Å²) in [6.07, 6.45) is 8.60. The van der Waals surface area contributed by atoms with E-state index in [9.17, 15) is 4.79 Å². The Labute approximate surface area is 99.2 Å². The van der Waals surface area contributed by atoms with Gasteiger partial charge in [0.05, 0.1) is 0 Å². The summed E-state index contributed by atoms with van der Waals surface area (Å²) in [4.78, 5) is 10.9. The van der Waals surface area contributed by atoms with Crippen molar-refractivity contribution in [1.29, 1.82) is 0 Å². The first-order valence-corrected chi connectivity index (χ1v) is 6.37. The second-order valence-corrected chi connectivity index (χ2v) is 4.85. The fraction of sp³-hybridized carbons (Fsp3) is 0.727. The number of unbranched alkanes of at least 4 members (excludes halogenated alkanes) is 3. The Morgan fingerprint density at radius 2 is 2.43 bits per heavy atom. The lowest BCUT2D eigenvalue weighted by Crippen LogP contribution is -2.06. The van der Waals surface area contributed by atoms with Gasteiger partial charge in [-0.3, -0.25) is 4.79 Å². The van der Waals surface area contributed by atoms with Gasteiger partial charge in [-0.15, -0.1) is 0 Å². The second kappa shape index (κ2) is 6.43. The summed E-state index contributed by atoms with van der Waals surface area (Å²) in [5.74, 6) is -0.0499. The van der Waals surface area contributed by atoms with Crippen LogP contribution in [0.2, 0.25) is 0 Å². The highest BCUT2D eigenvalue weighted by molar-refractivity contribution is 14.1. The normalized spacial score (nSPS) is 22.6. The van der Waals surface area contributed by atoms with E-state index in [1.807, 2.05) is 0 Å². The average Bonchev–Trinajstić information content (AvgIpc) is 2.59. The topological polar surface area (TPSA) is 26.3 Å². The first kappa shape index (κ1) is 12.0. The van der Waals surface area contributed by atoms with Crippen LogP contribution in [-0.4, -0.2) is 12.1 Å². The number of carbonyl (C=O) groups is 1. The van der Waals surface area contributed by atoms with Gasteiger partial charge in [0.15, 0.2) is 0 Å². The van der Waals surface area contributed by atoms with Gasteiger partial charge in [-0.2, -0.15) is 0 Å². The van der Waals surface area contributed by atoms with Gasteiger partial charge in [-0.25, -0.2) is 0 Å². The number of cyclic esters (lactones) is 1. The SMILES string of the molecule is CCCCC/C=C(\I)[C@@H]1CCC(=O)O1. The Morgan fingerprint density at radius 3 is 3.00 bits per heavy atom. The molecule has 0 unspecified atom stereocenters. The Kier molecular flexibility index (Phi) is 5.52. The van der Waals surface area contributed by atoms with Crippen molar-refractivity contribution in [3.8, 4) is 0 Å². The quantitative estimate of drug-likeness (QED) is 0.441. The highest BCUT2D eigenvalue weighted by Gasteiger charge is 2.24. The van der Waals surface area contributed by atoms with Crippen LogP contribution in [0.1, 0.15) is 45.4 Å². The number of carbonyl (C=O) groups excluding carboxylic acids is 1. The van der Waals surface area contributed by atoms with Crippen molar-refractivity contribution >= 4 is 28.6 Å². The number of halogens is 1. The van der Waals surface area contributed by atoms with Crippen LogP contribution in [-0.2, 0) is 9.53 Å². The van der Waals surface area contributed by atoms with E-state index < -0.39 is 0 Å². The van der Waals surface area contributed by atoms with E-state index in [2.05, 4.69) is 35.6 Å². The van der Waals surface area contributed by atoms with Crippen molar-refractivity contribution in [2.24, 2.45) is 0 Å². The molecule has 1 saturated heterocycles. The van der Waals surface area contributed by atoms with Gasteiger partial charge in [0.2, 0.25) is 0 Å². The van der Waals surface area contributed by atoms with Crippen molar-refractivity contribution in [3.05, 3.63) is 9.66 Å². The molecule has 0 aromatic carbocycles. The molecule has 0 amide bonds. The zero-order valence-electron chi connectivity index (χ0n) is 8.59. The Hall–Kier alpha value is -0.0600. The van der Waals surface area contributed by atoms with Crippen molar-refractivity contribution in [2.75, 3.05) is 0 Å². The molecule has 0 spiro atoms. The fourth-order valence-corrected chi connectivity index (χ4v) is 2.24. The first-order valence-electron chi connectivity index (χ1n) is 5.29. The highest BCUT2D eigenvalue weighted by atomic mass is 127. The van der Waals surface area contributed by atoms with Crippen LogP contribution in [0.25, 0.3) is 0 Å². The molecule has 0 saturated carbocycles. The summed E-state index contributed by atoms with van der Waals surface area (Å²) < 4.78 is 6.36. The number of hydrogen-bond acceptors (Lipinski definition) is 2. The third-order valence-electron chi connectivity index (χ3n) is 2.34. The molecular formula is C11H17IO2. The summed E-state index contributed by atoms with van der Waals surface area (Å²) >= 11 is 2.29. The third kappa shape index (κ3) is 3.98. The molecule has 80 valence electrons. The number of esters is 1. The zero-order chi connectivity index (χ0) is 10.4. The summed E-state index contributed by atoms with van der Waals surface area (Å²) in [6, 6.07) is 0. The van der Waals surface area contributed by atoms with E-state index in [0.717, 1.165) is 12.8 Å². The molecule has 1 atom stereocenters. The van der Waals surface area contributed by atoms with Crippen molar-refractivity contribution in [2.45, 2.75) is 51.6 Å². The lowest BCUT2D eigenvalue weighted by Gasteiger charge is -2.07. The molecule has 0 N–H and O–H groups in total. The van der Waals surface area contributed by atoms with E-state index in [-0.39, 0.29) is 12.1 Å². The van der Waals surface area contributed by atoms with Crippen LogP contribution in [0.3, 0.4) is 0 Å². The standard InChI is InChI=1S/C11H17IO2/c1-2-3-4-5-6-9(12)10-7-8-11(13)14-10/h6,10H,2-5,7-8H2,1H3/b9-6-/t10-/m0/s1. The molecule has 1 heterocycles. The predicted molar refractivity (Wildman–Crippen MR) is 65.4 cm³/mol. The van der Waals surface area contributed by atoms with Gasteiger partial charge in [0.1, 0.15) is 6.10 Å². The summed E-state index contributed by atoms with van der Waals surface area (Å²) in [7, 11) is 0.